The topological polar surface area (TPSA) is 64.3 Å². The molecule has 0 unspecified atom stereocenters. The number of benzene rings is 1. The lowest BCUT2D eigenvalue weighted by atomic mass is 9.69. The van der Waals surface area contributed by atoms with Gasteiger partial charge in [-0.1, -0.05) is 6.42 Å². The molecule has 3 N–H and O–H groups in total. The van der Waals surface area contributed by atoms with Crippen LogP contribution in [0.4, 0.5) is 0 Å². The molecular weight excluding hydrogens is 240 g/mol. The fraction of sp³-hybridized carbons (Fsp3) is 0.533. The van der Waals surface area contributed by atoms with Gasteiger partial charge < -0.3 is 15.8 Å². The minimum atomic E-state index is -0.00516. The third kappa shape index (κ3) is 2.32. The van der Waals surface area contributed by atoms with Crippen LogP contribution >= 0.6 is 0 Å². The average Bonchev–Trinajstić information content (AvgIpc) is 2.84. The Morgan fingerprint density at radius 1 is 1.42 bits per heavy atom. The quantitative estimate of drug-likeness (QED) is 0.862. The summed E-state index contributed by atoms with van der Waals surface area (Å²) in [5.74, 6) is 0.906. The Balaban J connectivity index is 1.64. The van der Waals surface area contributed by atoms with E-state index in [1.807, 2.05) is 18.2 Å². The Hall–Kier alpha value is -1.55. The fourth-order valence-electron chi connectivity index (χ4n) is 2.83. The molecule has 1 aromatic carbocycles. The lowest BCUT2D eigenvalue weighted by Gasteiger charge is -2.41. The number of nitrogens with one attached hydrogen (secondary N) is 1. The summed E-state index contributed by atoms with van der Waals surface area (Å²) in [6.07, 6.45) is 4.37. The van der Waals surface area contributed by atoms with Gasteiger partial charge in [-0.05, 0) is 48.6 Å². The summed E-state index contributed by atoms with van der Waals surface area (Å²) < 4.78 is 5.44. The van der Waals surface area contributed by atoms with Crippen molar-refractivity contribution in [1.29, 1.82) is 0 Å². The van der Waals surface area contributed by atoms with Gasteiger partial charge in [0.1, 0.15) is 5.75 Å². The predicted octanol–water partition coefficient (Wildman–Crippen LogP) is 1.48. The monoisotopic (exact) mass is 260 g/mol. The summed E-state index contributed by atoms with van der Waals surface area (Å²) in [5.41, 5.74) is 7.80. The molecule has 0 radical (unpaired) electrons. The molecule has 2 aliphatic rings. The zero-order valence-corrected chi connectivity index (χ0v) is 11.1. The van der Waals surface area contributed by atoms with Crippen molar-refractivity contribution in [3.8, 4) is 5.75 Å². The molecule has 1 aliphatic heterocycles. The predicted molar refractivity (Wildman–Crippen MR) is 73.3 cm³/mol. The molecule has 1 fully saturated rings. The number of carbonyl (C=O) groups is 1. The summed E-state index contributed by atoms with van der Waals surface area (Å²) in [6.45, 7) is 2.07. The zero-order valence-electron chi connectivity index (χ0n) is 11.1. The number of ether oxygens (including phenoxy) is 1. The highest BCUT2D eigenvalue weighted by Gasteiger charge is 2.35. The molecule has 19 heavy (non-hydrogen) atoms. The van der Waals surface area contributed by atoms with Gasteiger partial charge in [0, 0.05) is 18.5 Å². The number of carbonyl (C=O) groups excluding carboxylic acids is 1. The Kier molecular flexibility index (Phi) is 3.19. The first-order valence-electron chi connectivity index (χ1n) is 6.96. The largest absolute Gasteiger partial charge is 0.493 e. The standard InChI is InChI=1S/C15H20N2O2/c16-9-15(5-1-6-15)10-17-14(18)12-2-3-13-11(8-12)4-7-19-13/h2-3,8H,1,4-7,9-10,16H2,(H,17,18). The van der Waals surface area contributed by atoms with Crippen molar-refractivity contribution in [2.45, 2.75) is 25.7 Å². The Bertz CT molecular complexity index is 489. The highest BCUT2D eigenvalue weighted by molar-refractivity contribution is 5.94. The number of nitrogens with two attached hydrogens (primary N) is 1. The molecule has 0 bridgehead atoms. The van der Waals surface area contributed by atoms with Gasteiger partial charge in [-0.15, -0.1) is 0 Å². The molecular formula is C15H20N2O2. The van der Waals surface area contributed by atoms with Crippen molar-refractivity contribution in [3.05, 3.63) is 29.3 Å². The summed E-state index contributed by atoms with van der Waals surface area (Å²) in [6, 6.07) is 5.65. The van der Waals surface area contributed by atoms with Gasteiger partial charge in [0.05, 0.1) is 6.61 Å². The van der Waals surface area contributed by atoms with Gasteiger partial charge in [0.25, 0.3) is 5.91 Å². The second-order valence-corrected chi connectivity index (χ2v) is 5.66. The van der Waals surface area contributed by atoms with Crippen molar-refractivity contribution < 1.29 is 9.53 Å². The van der Waals surface area contributed by atoms with Crippen LogP contribution in [0.3, 0.4) is 0 Å². The normalized spacial score (nSPS) is 19.2. The van der Waals surface area contributed by atoms with Crippen LogP contribution in [0, 0.1) is 5.41 Å². The number of fused-ring (bicyclic) bond motifs is 1. The van der Waals surface area contributed by atoms with Crippen molar-refractivity contribution in [1.82, 2.24) is 5.32 Å². The van der Waals surface area contributed by atoms with Crippen LogP contribution in [-0.2, 0) is 6.42 Å². The molecule has 3 rings (SSSR count). The lowest BCUT2D eigenvalue weighted by molar-refractivity contribution is 0.0876. The summed E-state index contributed by atoms with van der Waals surface area (Å²) in [4.78, 5) is 12.2. The maximum absolute atomic E-state index is 12.2. The second kappa shape index (κ2) is 4.85. The first-order valence-corrected chi connectivity index (χ1v) is 6.96. The first-order chi connectivity index (χ1) is 9.22. The fourth-order valence-corrected chi connectivity index (χ4v) is 2.83. The van der Waals surface area contributed by atoms with E-state index in [0.717, 1.165) is 42.7 Å². The second-order valence-electron chi connectivity index (χ2n) is 5.66. The van der Waals surface area contributed by atoms with Crippen LogP contribution in [0.1, 0.15) is 35.2 Å². The summed E-state index contributed by atoms with van der Waals surface area (Å²) in [5, 5.41) is 3.02. The highest BCUT2D eigenvalue weighted by atomic mass is 16.5. The maximum atomic E-state index is 12.2. The minimum Gasteiger partial charge on any atom is -0.493 e. The Labute approximate surface area is 113 Å². The maximum Gasteiger partial charge on any atom is 0.251 e. The van der Waals surface area contributed by atoms with Crippen molar-refractivity contribution in [3.63, 3.8) is 0 Å². The smallest absolute Gasteiger partial charge is 0.251 e. The SMILES string of the molecule is NCC1(CNC(=O)c2ccc3c(c2)CCO3)CCC1. The van der Waals surface area contributed by atoms with Crippen molar-refractivity contribution >= 4 is 5.91 Å². The molecule has 4 heteroatoms. The third-order valence-corrected chi connectivity index (χ3v) is 4.42. The van der Waals surface area contributed by atoms with Gasteiger partial charge in [-0.2, -0.15) is 0 Å². The van der Waals surface area contributed by atoms with Crippen LogP contribution in [0.25, 0.3) is 0 Å². The van der Waals surface area contributed by atoms with Crippen LogP contribution in [0.15, 0.2) is 18.2 Å². The molecule has 1 aliphatic carbocycles. The van der Waals surface area contributed by atoms with E-state index in [1.165, 1.54) is 6.42 Å². The van der Waals surface area contributed by atoms with Gasteiger partial charge in [-0.25, -0.2) is 0 Å². The molecule has 0 spiro atoms. The van der Waals surface area contributed by atoms with Gasteiger partial charge >= 0.3 is 0 Å². The molecule has 1 heterocycles. The van der Waals surface area contributed by atoms with E-state index in [0.29, 0.717) is 13.1 Å². The Morgan fingerprint density at radius 2 is 2.26 bits per heavy atom. The lowest BCUT2D eigenvalue weighted by Crippen LogP contribution is -2.46. The van der Waals surface area contributed by atoms with E-state index < -0.39 is 0 Å². The van der Waals surface area contributed by atoms with E-state index in [1.54, 1.807) is 0 Å². The molecule has 0 saturated heterocycles. The summed E-state index contributed by atoms with van der Waals surface area (Å²) in [7, 11) is 0. The Morgan fingerprint density at radius 3 is 2.95 bits per heavy atom. The molecule has 102 valence electrons. The van der Waals surface area contributed by atoms with Crippen molar-refractivity contribution in [2.24, 2.45) is 11.1 Å². The van der Waals surface area contributed by atoms with Crippen LogP contribution in [0.5, 0.6) is 5.75 Å². The van der Waals surface area contributed by atoms with Crippen LogP contribution in [0.2, 0.25) is 0 Å². The molecule has 0 atom stereocenters. The van der Waals surface area contributed by atoms with E-state index in [-0.39, 0.29) is 11.3 Å². The molecule has 1 amide bonds. The van der Waals surface area contributed by atoms with Crippen molar-refractivity contribution in [2.75, 3.05) is 19.7 Å². The average molecular weight is 260 g/mol. The minimum absolute atomic E-state index is 0.00516. The molecule has 0 aromatic heterocycles. The number of hydrogen-bond acceptors (Lipinski definition) is 3. The highest BCUT2D eigenvalue weighted by Crippen LogP contribution is 2.39. The third-order valence-electron chi connectivity index (χ3n) is 4.42. The van der Waals surface area contributed by atoms with Gasteiger partial charge in [0.2, 0.25) is 0 Å². The summed E-state index contributed by atoms with van der Waals surface area (Å²) >= 11 is 0. The van der Waals surface area contributed by atoms with E-state index >= 15 is 0 Å². The van der Waals surface area contributed by atoms with E-state index in [4.69, 9.17) is 10.5 Å². The number of amides is 1. The molecule has 1 aromatic rings. The van der Waals surface area contributed by atoms with E-state index in [9.17, 15) is 4.79 Å². The van der Waals surface area contributed by atoms with E-state index in [2.05, 4.69) is 5.32 Å². The van der Waals surface area contributed by atoms with Gasteiger partial charge in [0.15, 0.2) is 0 Å². The van der Waals surface area contributed by atoms with Crippen LogP contribution in [-0.4, -0.2) is 25.6 Å². The molecule has 1 saturated carbocycles. The number of rotatable bonds is 4. The van der Waals surface area contributed by atoms with Crippen LogP contribution < -0.4 is 15.8 Å². The zero-order chi connectivity index (χ0) is 13.3. The first kappa shape index (κ1) is 12.5. The molecule has 4 nitrogen and oxygen atoms in total. The van der Waals surface area contributed by atoms with Gasteiger partial charge in [-0.3, -0.25) is 4.79 Å². The number of hydrogen-bond donors (Lipinski definition) is 2.